The predicted molar refractivity (Wildman–Crippen MR) is 102 cm³/mol. The summed E-state index contributed by atoms with van der Waals surface area (Å²) in [6.45, 7) is 0.145. The van der Waals surface area contributed by atoms with Crippen LogP contribution in [-0.2, 0) is 4.79 Å². The molecule has 0 saturated heterocycles. The van der Waals surface area contributed by atoms with Gasteiger partial charge in [-0.25, -0.2) is 4.98 Å². The van der Waals surface area contributed by atoms with Crippen LogP contribution in [0.4, 0.5) is 0 Å². The Hall–Kier alpha value is -2.57. The van der Waals surface area contributed by atoms with Gasteiger partial charge < -0.3 is 14.6 Å². The number of allylic oxidation sites excluding steroid dienone is 1. The molecule has 0 atom stereocenters. The van der Waals surface area contributed by atoms with E-state index in [2.05, 4.69) is 4.98 Å². The largest absolute Gasteiger partial charge is 0.481 e. The highest BCUT2D eigenvalue weighted by Gasteiger charge is 2.18. The molecule has 0 spiro atoms. The number of halogens is 1. The van der Waals surface area contributed by atoms with Gasteiger partial charge in [0.2, 0.25) is 6.79 Å². The van der Waals surface area contributed by atoms with Crippen LogP contribution >= 0.6 is 22.9 Å². The number of carboxylic acid groups (broad SMARTS) is 1. The molecule has 1 aromatic heterocycles. The summed E-state index contributed by atoms with van der Waals surface area (Å²) in [6.07, 6.45) is 2.32. The third-order valence-corrected chi connectivity index (χ3v) is 5.36. The predicted octanol–water partition coefficient (Wildman–Crippen LogP) is 5.08. The molecule has 7 heteroatoms. The van der Waals surface area contributed by atoms with Gasteiger partial charge in [-0.3, -0.25) is 4.79 Å². The molecular weight excluding hydrogens is 374 g/mol. The average molecular weight is 388 g/mol. The monoisotopic (exact) mass is 387 g/mol. The van der Waals surface area contributed by atoms with Crippen LogP contribution in [0, 0.1) is 0 Å². The van der Waals surface area contributed by atoms with Crippen molar-refractivity contribution in [2.45, 2.75) is 12.8 Å². The van der Waals surface area contributed by atoms with Gasteiger partial charge in [-0.15, -0.1) is 11.3 Å². The minimum atomic E-state index is -0.847. The first kappa shape index (κ1) is 16.9. The van der Waals surface area contributed by atoms with Crippen molar-refractivity contribution in [2.24, 2.45) is 0 Å². The summed E-state index contributed by atoms with van der Waals surface area (Å²) in [5.41, 5.74) is 2.57. The van der Waals surface area contributed by atoms with Crippen molar-refractivity contribution >= 4 is 50.8 Å². The van der Waals surface area contributed by atoms with Crippen molar-refractivity contribution in [1.29, 1.82) is 0 Å². The zero-order chi connectivity index (χ0) is 18.1. The zero-order valence-electron chi connectivity index (χ0n) is 13.6. The van der Waals surface area contributed by atoms with Gasteiger partial charge in [0.05, 0.1) is 15.2 Å². The molecule has 0 saturated carbocycles. The first-order valence-electron chi connectivity index (χ1n) is 7.97. The number of nitrogens with zero attached hydrogens (tertiary/aromatic N) is 1. The maximum atomic E-state index is 11.1. The highest BCUT2D eigenvalue weighted by atomic mass is 35.5. The first-order valence-corrected chi connectivity index (χ1v) is 9.17. The number of aromatic nitrogens is 1. The fourth-order valence-corrected chi connectivity index (χ4v) is 4.05. The number of para-hydroxylation sites is 1. The Morgan fingerprint density at radius 2 is 2.12 bits per heavy atom. The van der Waals surface area contributed by atoms with Gasteiger partial charge in [-0.1, -0.05) is 23.7 Å². The molecule has 4 rings (SSSR count). The maximum Gasteiger partial charge on any atom is 0.303 e. The van der Waals surface area contributed by atoms with E-state index >= 15 is 0 Å². The van der Waals surface area contributed by atoms with E-state index in [1.54, 1.807) is 17.4 Å². The van der Waals surface area contributed by atoms with Gasteiger partial charge in [0.1, 0.15) is 5.01 Å². The average Bonchev–Trinajstić information content (AvgIpc) is 3.25. The number of aliphatic carboxylic acids is 1. The van der Waals surface area contributed by atoms with Crippen molar-refractivity contribution in [3.05, 3.63) is 52.0 Å². The lowest BCUT2D eigenvalue weighted by atomic mass is 10.1. The van der Waals surface area contributed by atoms with E-state index in [1.165, 1.54) is 0 Å². The summed E-state index contributed by atoms with van der Waals surface area (Å²) < 4.78 is 11.8. The third-order valence-electron chi connectivity index (χ3n) is 3.97. The molecule has 0 amide bonds. The van der Waals surface area contributed by atoms with E-state index < -0.39 is 5.97 Å². The summed E-state index contributed by atoms with van der Waals surface area (Å²) in [4.78, 5) is 15.7. The molecule has 3 aromatic rings. The second kappa shape index (κ2) is 6.97. The Labute approximate surface area is 158 Å². The van der Waals surface area contributed by atoms with Crippen LogP contribution in [0.15, 0.2) is 36.4 Å². The van der Waals surface area contributed by atoms with Crippen molar-refractivity contribution in [2.75, 3.05) is 6.79 Å². The number of rotatable bonds is 5. The number of fused-ring (bicyclic) bond motifs is 2. The highest BCUT2D eigenvalue weighted by molar-refractivity contribution is 7.19. The van der Waals surface area contributed by atoms with Crippen LogP contribution in [0.25, 0.3) is 21.9 Å². The molecule has 2 heterocycles. The minimum absolute atomic E-state index is 0.0278. The van der Waals surface area contributed by atoms with Crippen molar-refractivity contribution in [1.82, 2.24) is 4.98 Å². The Morgan fingerprint density at radius 3 is 2.92 bits per heavy atom. The molecule has 0 unspecified atom stereocenters. The Balaban J connectivity index is 1.76. The second-order valence-corrected chi connectivity index (χ2v) is 7.22. The highest BCUT2D eigenvalue weighted by Crippen LogP contribution is 2.41. The molecule has 0 radical (unpaired) electrons. The van der Waals surface area contributed by atoms with Crippen LogP contribution < -0.4 is 9.47 Å². The second-order valence-electron chi connectivity index (χ2n) is 5.79. The maximum absolute atomic E-state index is 11.1. The van der Waals surface area contributed by atoms with E-state index in [4.69, 9.17) is 26.2 Å². The fourth-order valence-electron chi connectivity index (χ4n) is 2.76. The number of carboxylic acids is 1. The van der Waals surface area contributed by atoms with E-state index in [0.717, 1.165) is 26.4 Å². The number of hydrogen-bond acceptors (Lipinski definition) is 5. The molecule has 1 N–H and O–H groups in total. The van der Waals surface area contributed by atoms with E-state index in [0.29, 0.717) is 22.9 Å². The van der Waals surface area contributed by atoms with Gasteiger partial charge in [0, 0.05) is 6.42 Å². The van der Waals surface area contributed by atoms with Crippen LogP contribution in [0.3, 0.4) is 0 Å². The summed E-state index contributed by atoms with van der Waals surface area (Å²) >= 11 is 7.80. The van der Waals surface area contributed by atoms with E-state index in [-0.39, 0.29) is 13.2 Å². The Bertz CT molecular complexity index is 995. The quantitative estimate of drug-likeness (QED) is 0.660. The Kier molecular flexibility index (Phi) is 4.53. The molecule has 1 aliphatic rings. The number of ether oxygens (including phenoxy) is 2. The molecule has 2 aromatic carbocycles. The van der Waals surface area contributed by atoms with Crippen LogP contribution in [0.5, 0.6) is 11.5 Å². The summed E-state index contributed by atoms with van der Waals surface area (Å²) in [5, 5.41) is 10.4. The fraction of sp³-hybridized carbons (Fsp3) is 0.158. The van der Waals surface area contributed by atoms with Gasteiger partial charge in [0.25, 0.3) is 0 Å². The molecule has 0 bridgehead atoms. The molecule has 26 heavy (non-hydrogen) atoms. The molecule has 0 fully saturated rings. The van der Waals surface area contributed by atoms with Crippen molar-refractivity contribution in [3.8, 4) is 11.5 Å². The summed E-state index contributed by atoms with van der Waals surface area (Å²) in [5.74, 6) is 0.280. The zero-order valence-corrected chi connectivity index (χ0v) is 15.1. The van der Waals surface area contributed by atoms with Crippen LogP contribution in [0.1, 0.15) is 23.4 Å². The van der Waals surface area contributed by atoms with Crippen LogP contribution in [0.2, 0.25) is 5.02 Å². The molecule has 5 nitrogen and oxygen atoms in total. The summed E-state index contributed by atoms with van der Waals surface area (Å²) in [7, 11) is 0. The summed E-state index contributed by atoms with van der Waals surface area (Å²) in [6, 6.07) is 11.5. The molecule has 132 valence electrons. The van der Waals surface area contributed by atoms with Gasteiger partial charge in [-0.05, 0) is 47.9 Å². The Morgan fingerprint density at radius 1 is 1.27 bits per heavy atom. The van der Waals surface area contributed by atoms with Crippen molar-refractivity contribution < 1.29 is 19.4 Å². The van der Waals surface area contributed by atoms with Crippen LogP contribution in [-0.4, -0.2) is 22.9 Å². The smallest absolute Gasteiger partial charge is 0.303 e. The molecule has 0 aliphatic carbocycles. The number of thiazole rings is 1. The topological polar surface area (TPSA) is 68.7 Å². The number of benzene rings is 2. The SMILES string of the molecule is O=C(O)CC/C(=C\c1cc(Cl)c2c(c1)OCO2)c1nc2ccccc2s1. The first-order chi connectivity index (χ1) is 12.6. The third kappa shape index (κ3) is 3.38. The lowest BCUT2D eigenvalue weighted by Gasteiger charge is -2.05. The number of hydrogen-bond donors (Lipinski definition) is 1. The van der Waals surface area contributed by atoms with E-state index in [9.17, 15) is 4.79 Å². The lowest BCUT2D eigenvalue weighted by molar-refractivity contribution is -0.136. The van der Waals surface area contributed by atoms with Crippen molar-refractivity contribution in [3.63, 3.8) is 0 Å². The number of carbonyl (C=O) groups is 1. The minimum Gasteiger partial charge on any atom is -0.481 e. The van der Waals surface area contributed by atoms with Gasteiger partial charge in [0.15, 0.2) is 11.5 Å². The lowest BCUT2D eigenvalue weighted by Crippen LogP contribution is -1.95. The van der Waals surface area contributed by atoms with Gasteiger partial charge in [-0.2, -0.15) is 0 Å². The standard InChI is InChI=1S/C19H14ClNO4S/c20-13-8-11(9-15-18(13)25-10-24-15)7-12(5-6-17(22)23)19-21-14-3-1-2-4-16(14)26-19/h1-4,7-9H,5-6,10H2,(H,22,23)/b12-7+. The molecular formula is C19H14ClNO4S. The normalized spacial score (nSPS) is 13.3. The van der Waals surface area contributed by atoms with E-state index in [1.807, 2.05) is 36.4 Å². The molecule has 1 aliphatic heterocycles. The van der Waals surface area contributed by atoms with Gasteiger partial charge >= 0.3 is 5.97 Å².